The van der Waals surface area contributed by atoms with Crippen molar-refractivity contribution >= 4 is 0 Å². The number of aromatic nitrogens is 4. The zero-order chi connectivity index (χ0) is 16.9. The van der Waals surface area contributed by atoms with E-state index in [1.54, 1.807) is 4.68 Å². The van der Waals surface area contributed by atoms with E-state index >= 15 is 0 Å². The number of tetrazole rings is 1. The molecule has 0 amide bonds. The fourth-order valence-corrected chi connectivity index (χ4v) is 2.70. The summed E-state index contributed by atoms with van der Waals surface area (Å²) in [7, 11) is 0. The molecule has 0 aliphatic rings. The predicted molar refractivity (Wildman–Crippen MR) is 90.0 cm³/mol. The van der Waals surface area contributed by atoms with Crippen LogP contribution in [0.4, 0.5) is 4.39 Å². The average Bonchev–Trinajstić information content (AvgIpc) is 3.06. The molecule has 0 bridgehead atoms. The number of hydrogen-bond acceptors (Lipinski definition) is 4. The first-order valence-electron chi connectivity index (χ1n) is 7.96. The van der Waals surface area contributed by atoms with Crippen molar-refractivity contribution in [2.24, 2.45) is 5.92 Å². The molecule has 1 unspecified atom stereocenters. The molecular weight excluding hydrogens is 305 g/mol. The maximum absolute atomic E-state index is 13.2. The van der Waals surface area contributed by atoms with E-state index < -0.39 is 0 Å². The lowest BCUT2D eigenvalue weighted by atomic mass is 9.96. The number of benzene rings is 2. The van der Waals surface area contributed by atoms with Crippen molar-refractivity contribution in [1.29, 1.82) is 0 Å². The Balaban J connectivity index is 1.77. The molecule has 0 spiro atoms. The van der Waals surface area contributed by atoms with Crippen LogP contribution in [-0.4, -0.2) is 20.2 Å². The molecule has 1 heterocycles. The standard InChI is InChI=1S/C18H20FN5/c1-13(2)18(14-8-10-15(19)11-9-14)20-12-17-21-22-23-24(17)16-6-4-3-5-7-16/h3-11,13,18,20H,12H2,1-2H3. The molecular formula is C18H20FN5. The van der Waals surface area contributed by atoms with Gasteiger partial charge in [-0.1, -0.05) is 44.2 Å². The lowest BCUT2D eigenvalue weighted by Gasteiger charge is -2.22. The van der Waals surface area contributed by atoms with Crippen LogP contribution in [0.5, 0.6) is 0 Å². The highest BCUT2D eigenvalue weighted by atomic mass is 19.1. The number of rotatable bonds is 6. The van der Waals surface area contributed by atoms with Gasteiger partial charge in [0.25, 0.3) is 0 Å². The van der Waals surface area contributed by atoms with Crippen molar-refractivity contribution in [3.8, 4) is 5.69 Å². The molecule has 0 aliphatic carbocycles. The van der Waals surface area contributed by atoms with Crippen LogP contribution in [0, 0.1) is 11.7 Å². The normalized spacial score (nSPS) is 12.5. The van der Waals surface area contributed by atoms with Crippen molar-refractivity contribution < 1.29 is 4.39 Å². The van der Waals surface area contributed by atoms with E-state index in [1.165, 1.54) is 12.1 Å². The average molecular weight is 325 g/mol. The Morgan fingerprint density at radius 2 is 1.75 bits per heavy atom. The van der Waals surface area contributed by atoms with Gasteiger partial charge in [-0.3, -0.25) is 0 Å². The third kappa shape index (κ3) is 3.65. The summed E-state index contributed by atoms with van der Waals surface area (Å²) in [5.74, 6) is 0.847. The fourth-order valence-electron chi connectivity index (χ4n) is 2.70. The molecule has 1 N–H and O–H groups in total. The van der Waals surface area contributed by atoms with Gasteiger partial charge in [-0.2, -0.15) is 4.68 Å². The van der Waals surface area contributed by atoms with E-state index in [0.29, 0.717) is 12.5 Å². The second-order valence-electron chi connectivity index (χ2n) is 6.00. The maximum atomic E-state index is 13.2. The van der Waals surface area contributed by atoms with Crippen LogP contribution >= 0.6 is 0 Å². The summed E-state index contributed by atoms with van der Waals surface area (Å²) in [4.78, 5) is 0. The third-order valence-electron chi connectivity index (χ3n) is 3.91. The van der Waals surface area contributed by atoms with Crippen molar-refractivity contribution in [2.75, 3.05) is 0 Å². The number of hydrogen-bond donors (Lipinski definition) is 1. The van der Waals surface area contributed by atoms with E-state index in [9.17, 15) is 4.39 Å². The smallest absolute Gasteiger partial charge is 0.170 e. The van der Waals surface area contributed by atoms with Gasteiger partial charge in [-0.25, -0.2) is 4.39 Å². The van der Waals surface area contributed by atoms with Crippen LogP contribution in [0.3, 0.4) is 0 Å². The van der Waals surface area contributed by atoms with Crippen LogP contribution < -0.4 is 5.32 Å². The molecule has 24 heavy (non-hydrogen) atoms. The summed E-state index contributed by atoms with van der Waals surface area (Å²) in [5.41, 5.74) is 1.97. The molecule has 0 aliphatic heterocycles. The summed E-state index contributed by atoms with van der Waals surface area (Å²) < 4.78 is 14.9. The Labute approximate surface area is 140 Å². The number of para-hydroxylation sites is 1. The van der Waals surface area contributed by atoms with Gasteiger partial charge < -0.3 is 5.32 Å². The number of halogens is 1. The number of nitrogens with one attached hydrogen (secondary N) is 1. The lowest BCUT2D eigenvalue weighted by molar-refractivity contribution is 0.403. The molecule has 3 rings (SSSR count). The van der Waals surface area contributed by atoms with Crippen LogP contribution in [0.1, 0.15) is 31.3 Å². The van der Waals surface area contributed by atoms with Gasteiger partial charge in [0.15, 0.2) is 5.82 Å². The second-order valence-corrected chi connectivity index (χ2v) is 6.00. The SMILES string of the molecule is CC(C)C(NCc1nnnn1-c1ccccc1)c1ccc(F)cc1. The summed E-state index contributed by atoms with van der Waals surface area (Å²) in [6.45, 7) is 4.77. The topological polar surface area (TPSA) is 55.6 Å². The van der Waals surface area contributed by atoms with Gasteiger partial charge in [0.2, 0.25) is 0 Å². The molecule has 5 nitrogen and oxygen atoms in total. The van der Waals surface area contributed by atoms with Crippen LogP contribution in [0.2, 0.25) is 0 Å². The Bertz CT molecular complexity index is 768. The molecule has 0 fully saturated rings. The minimum atomic E-state index is -0.228. The van der Waals surface area contributed by atoms with Crippen molar-refractivity contribution in [3.05, 3.63) is 71.8 Å². The summed E-state index contributed by atoms with van der Waals surface area (Å²) in [6, 6.07) is 16.5. The third-order valence-corrected chi connectivity index (χ3v) is 3.91. The van der Waals surface area contributed by atoms with E-state index in [0.717, 1.165) is 17.1 Å². The highest BCUT2D eigenvalue weighted by Crippen LogP contribution is 2.22. The van der Waals surface area contributed by atoms with Gasteiger partial charge in [-0.15, -0.1) is 5.10 Å². The summed E-state index contributed by atoms with van der Waals surface area (Å²) in [5, 5.41) is 15.4. The van der Waals surface area contributed by atoms with Crippen LogP contribution in [0.25, 0.3) is 5.69 Å². The van der Waals surface area contributed by atoms with Gasteiger partial charge >= 0.3 is 0 Å². The van der Waals surface area contributed by atoms with Crippen molar-refractivity contribution in [3.63, 3.8) is 0 Å². The molecule has 0 saturated heterocycles. The second kappa shape index (κ2) is 7.31. The Morgan fingerprint density at radius 3 is 2.42 bits per heavy atom. The molecule has 0 saturated carbocycles. The van der Waals surface area contributed by atoms with Gasteiger partial charge in [0.1, 0.15) is 5.82 Å². The fraction of sp³-hybridized carbons (Fsp3) is 0.278. The quantitative estimate of drug-likeness (QED) is 0.755. The van der Waals surface area contributed by atoms with Gasteiger partial charge in [-0.05, 0) is 46.2 Å². The first-order valence-corrected chi connectivity index (χ1v) is 7.96. The zero-order valence-corrected chi connectivity index (χ0v) is 13.7. The zero-order valence-electron chi connectivity index (χ0n) is 13.7. The largest absolute Gasteiger partial charge is 0.303 e. The van der Waals surface area contributed by atoms with E-state index in [2.05, 4.69) is 34.7 Å². The lowest BCUT2D eigenvalue weighted by Crippen LogP contribution is -2.26. The van der Waals surface area contributed by atoms with Crippen molar-refractivity contribution in [1.82, 2.24) is 25.5 Å². The minimum Gasteiger partial charge on any atom is -0.303 e. The summed E-state index contributed by atoms with van der Waals surface area (Å²) in [6.07, 6.45) is 0. The molecule has 2 aromatic carbocycles. The Hall–Kier alpha value is -2.60. The monoisotopic (exact) mass is 325 g/mol. The molecule has 6 heteroatoms. The molecule has 1 atom stereocenters. The molecule has 1 aromatic heterocycles. The first kappa shape index (κ1) is 16.3. The van der Waals surface area contributed by atoms with Gasteiger partial charge in [0.05, 0.1) is 12.2 Å². The highest BCUT2D eigenvalue weighted by Gasteiger charge is 2.17. The molecule has 0 radical (unpaired) electrons. The van der Waals surface area contributed by atoms with E-state index in [1.807, 2.05) is 42.5 Å². The van der Waals surface area contributed by atoms with Crippen molar-refractivity contribution in [2.45, 2.75) is 26.4 Å². The first-order chi connectivity index (χ1) is 11.6. The minimum absolute atomic E-state index is 0.0894. The van der Waals surface area contributed by atoms with Crippen LogP contribution in [-0.2, 0) is 6.54 Å². The summed E-state index contributed by atoms with van der Waals surface area (Å²) >= 11 is 0. The van der Waals surface area contributed by atoms with E-state index in [-0.39, 0.29) is 11.9 Å². The predicted octanol–water partition coefficient (Wildman–Crippen LogP) is 3.29. The highest BCUT2D eigenvalue weighted by molar-refractivity contribution is 5.30. The maximum Gasteiger partial charge on any atom is 0.170 e. The molecule has 3 aromatic rings. The number of nitrogens with zero attached hydrogens (tertiary/aromatic N) is 4. The molecule has 124 valence electrons. The van der Waals surface area contributed by atoms with E-state index in [4.69, 9.17) is 0 Å². The Morgan fingerprint density at radius 1 is 1.04 bits per heavy atom. The van der Waals surface area contributed by atoms with Gasteiger partial charge in [0, 0.05) is 6.04 Å². The van der Waals surface area contributed by atoms with Crippen LogP contribution in [0.15, 0.2) is 54.6 Å². The Kier molecular flexibility index (Phi) is 4.96.